The molecule has 0 atom stereocenters. The van der Waals surface area contributed by atoms with Crippen molar-refractivity contribution in [3.8, 4) is 0 Å². The maximum absolute atomic E-state index is 12.8. The third kappa shape index (κ3) is 3.22. The Kier molecular flexibility index (Phi) is 4.72. The van der Waals surface area contributed by atoms with Crippen LogP contribution in [0.2, 0.25) is 0 Å². The molecule has 1 N–H and O–H groups in total. The van der Waals surface area contributed by atoms with Crippen LogP contribution in [-0.2, 0) is 6.18 Å². The molecule has 0 aliphatic rings. The van der Waals surface area contributed by atoms with Crippen molar-refractivity contribution in [2.75, 3.05) is 13.1 Å². The largest absolute Gasteiger partial charge is 0.417 e. The van der Waals surface area contributed by atoms with Crippen molar-refractivity contribution in [1.29, 1.82) is 0 Å². The lowest BCUT2D eigenvalue weighted by molar-refractivity contribution is -0.138. The molecular formula is C12H15F3N2O. The van der Waals surface area contributed by atoms with Gasteiger partial charge in [-0.1, -0.05) is 19.1 Å². The van der Waals surface area contributed by atoms with Gasteiger partial charge in [0.25, 0.3) is 5.91 Å². The van der Waals surface area contributed by atoms with Crippen molar-refractivity contribution in [2.24, 2.45) is 0 Å². The average molecular weight is 260 g/mol. The van der Waals surface area contributed by atoms with E-state index < -0.39 is 17.6 Å². The minimum absolute atomic E-state index is 0.291. The molecule has 1 rings (SSSR count). The first-order valence-corrected chi connectivity index (χ1v) is 5.63. The van der Waals surface area contributed by atoms with Crippen LogP contribution in [0.1, 0.15) is 29.8 Å². The first kappa shape index (κ1) is 14.5. The van der Waals surface area contributed by atoms with E-state index in [1.165, 1.54) is 23.2 Å². The highest BCUT2D eigenvalue weighted by Gasteiger charge is 2.35. The minimum atomic E-state index is -4.53. The van der Waals surface area contributed by atoms with Gasteiger partial charge in [0.2, 0.25) is 0 Å². The Hall–Kier alpha value is -1.56. The molecule has 0 aliphatic heterocycles. The fraction of sp³-hybridized carbons (Fsp3) is 0.417. The Morgan fingerprint density at radius 2 is 1.89 bits per heavy atom. The molecule has 0 bridgehead atoms. The van der Waals surface area contributed by atoms with Crippen molar-refractivity contribution in [1.82, 2.24) is 10.4 Å². The number of nitrogens with zero attached hydrogens (tertiary/aromatic N) is 1. The van der Waals surface area contributed by atoms with E-state index in [2.05, 4.69) is 5.43 Å². The Bertz CT molecular complexity index is 418. The quantitative estimate of drug-likeness (QED) is 0.844. The van der Waals surface area contributed by atoms with Gasteiger partial charge in [0.05, 0.1) is 11.1 Å². The average Bonchev–Trinajstić information content (AvgIpc) is 2.34. The molecule has 3 nitrogen and oxygen atoms in total. The maximum atomic E-state index is 12.8. The molecule has 0 fully saturated rings. The van der Waals surface area contributed by atoms with Crippen LogP contribution in [0.25, 0.3) is 0 Å². The van der Waals surface area contributed by atoms with Gasteiger partial charge in [-0.2, -0.15) is 13.2 Å². The van der Waals surface area contributed by atoms with Crippen LogP contribution in [0.5, 0.6) is 0 Å². The van der Waals surface area contributed by atoms with Crippen molar-refractivity contribution in [2.45, 2.75) is 20.0 Å². The summed E-state index contributed by atoms with van der Waals surface area (Å²) in [5.41, 5.74) is 1.47. The topological polar surface area (TPSA) is 32.3 Å². The van der Waals surface area contributed by atoms with E-state index in [1.54, 1.807) is 13.8 Å². The second-order valence-corrected chi connectivity index (χ2v) is 3.60. The smallest absolute Gasteiger partial charge is 0.274 e. The van der Waals surface area contributed by atoms with Gasteiger partial charge in [0.15, 0.2) is 0 Å². The minimum Gasteiger partial charge on any atom is -0.274 e. The monoisotopic (exact) mass is 260 g/mol. The zero-order valence-electron chi connectivity index (χ0n) is 10.2. The Morgan fingerprint density at radius 3 is 2.39 bits per heavy atom. The van der Waals surface area contributed by atoms with E-state index in [4.69, 9.17) is 0 Å². The molecular weight excluding hydrogens is 245 g/mol. The van der Waals surface area contributed by atoms with Gasteiger partial charge >= 0.3 is 6.18 Å². The first-order chi connectivity index (χ1) is 8.41. The lowest BCUT2D eigenvalue weighted by atomic mass is 10.1. The highest BCUT2D eigenvalue weighted by Crippen LogP contribution is 2.32. The van der Waals surface area contributed by atoms with Crippen molar-refractivity contribution in [3.63, 3.8) is 0 Å². The number of benzene rings is 1. The third-order valence-electron chi connectivity index (χ3n) is 2.37. The van der Waals surface area contributed by atoms with Crippen LogP contribution < -0.4 is 5.43 Å². The summed E-state index contributed by atoms with van der Waals surface area (Å²) in [6, 6.07) is 4.78. The number of amides is 1. The van der Waals surface area contributed by atoms with Crippen molar-refractivity contribution >= 4 is 5.91 Å². The van der Waals surface area contributed by atoms with Gasteiger partial charge in [-0.3, -0.25) is 9.80 Å². The second kappa shape index (κ2) is 5.86. The lowest BCUT2D eigenvalue weighted by Gasteiger charge is -2.22. The standard InChI is InChI=1S/C12H15F3N2O/c1-3-16-17(4-2)11(18)9-7-5-6-8-10(9)12(13,14)15/h5-8,16H,3-4H2,1-2H3. The highest BCUT2D eigenvalue weighted by atomic mass is 19.4. The molecule has 1 aromatic carbocycles. The van der Waals surface area contributed by atoms with Gasteiger partial charge in [-0.05, 0) is 19.1 Å². The maximum Gasteiger partial charge on any atom is 0.417 e. The fourth-order valence-electron chi connectivity index (χ4n) is 1.58. The predicted molar refractivity (Wildman–Crippen MR) is 61.8 cm³/mol. The number of hydrazine groups is 1. The zero-order chi connectivity index (χ0) is 13.8. The number of nitrogens with one attached hydrogen (secondary N) is 1. The molecule has 0 aliphatic carbocycles. The van der Waals surface area contributed by atoms with Crippen LogP contribution >= 0.6 is 0 Å². The normalized spacial score (nSPS) is 11.4. The lowest BCUT2D eigenvalue weighted by Crippen LogP contribution is -2.43. The van der Waals surface area contributed by atoms with E-state index in [9.17, 15) is 18.0 Å². The number of carbonyl (C=O) groups excluding carboxylic acids is 1. The van der Waals surface area contributed by atoms with Crippen molar-refractivity contribution < 1.29 is 18.0 Å². The van der Waals surface area contributed by atoms with E-state index in [1.807, 2.05) is 0 Å². The van der Waals surface area contributed by atoms with Gasteiger partial charge < -0.3 is 0 Å². The summed E-state index contributed by atoms with van der Waals surface area (Å²) in [6.07, 6.45) is -4.53. The molecule has 0 saturated heterocycles. The summed E-state index contributed by atoms with van der Waals surface area (Å²) in [7, 11) is 0. The number of hydrogen-bond acceptors (Lipinski definition) is 2. The zero-order valence-corrected chi connectivity index (χ0v) is 10.2. The van der Waals surface area contributed by atoms with Crippen LogP contribution in [-0.4, -0.2) is 24.0 Å². The summed E-state index contributed by atoms with van der Waals surface area (Å²) in [5.74, 6) is -0.674. The molecule has 100 valence electrons. The van der Waals surface area contributed by atoms with E-state index in [0.717, 1.165) is 6.07 Å². The van der Waals surface area contributed by atoms with Gasteiger partial charge in [-0.25, -0.2) is 5.43 Å². The van der Waals surface area contributed by atoms with Crippen LogP contribution in [0.3, 0.4) is 0 Å². The third-order valence-corrected chi connectivity index (χ3v) is 2.37. The van der Waals surface area contributed by atoms with E-state index in [0.29, 0.717) is 13.1 Å². The van der Waals surface area contributed by atoms with Gasteiger partial charge in [-0.15, -0.1) is 0 Å². The predicted octanol–water partition coefficient (Wildman–Crippen LogP) is 2.69. The molecule has 0 heterocycles. The van der Waals surface area contributed by atoms with E-state index in [-0.39, 0.29) is 5.56 Å². The van der Waals surface area contributed by atoms with Crippen molar-refractivity contribution in [3.05, 3.63) is 35.4 Å². The molecule has 1 amide bonds. The first-order valence-electron chi connectivity index (χ1n) is 5.63. The summed E-state index contributed by atoms with van der Waals surface area (Å²) in [5, 5.41) is 1.17. The summed E-state index contributed by atoms with van der Waals surface area (Å²) < 4.78 is 38.3. The highest BCUT2D eigenvalue weighted by molar-refractivity contribution is 5.95. The van der Waals surface area contributed by atoms with Crippen LogP contribution in [0, 0.1) is 0 Å². The summed E-state index contributed by atoms with van der Waals surface area (Å²) >= 11 is 0. The molecule has 0 radical (unpaired) electrons. The molecule has 18 heavy (non-hydrogen) atoms. The Morgan fingerprint density at radius 1 is 1.28 bits per heavy atom. The molecule has 0 unspecified atom stereocenters. The number of alkyl halides is 3. The van der Waals surface area contributed by atoms with Gasteiger partial charge in [0, 0.05) is 13.1 Å². The van der Waals surface area contributed by atoms with Crippen LogP contribution in [0.15, 0.2) is 24.3 Å². The SMILES string of the molecule is CCNN(CC)C(=O)c1ccccc1C(F)(F)F. The Labute approximate surface area is 104 Å². The number of rotatable bonds is 4. The number of hydrogen-bond donors (Lipinski definition) is 1. The molecule has 0 saturated carbocycles. The summed E-state index contributed by atoms with van der Waals surface area (Å²) in [4.78, 5) is 12.0. The van der Waals surface area contributed by atoms with Crippen LogP contribution in [0.4, 0.5) is 13.2 Å². The molecule has 0 aromatic heterocycles. The molecule has 0 spiro atoms. The Balaban J connectivity index is 3.13. The second-order valence-electron chi connectivity index (χ2n) is 3.60. The number of halogens is 3. The summed E-state index contributed by atoms with van der Waals surface area (Å²) in [6.45, 7) is 4.22. The van der Waals surface area contributed by atoms with E-state index >= 15 is 0 Å². The number of carbonyl (C=O) groups is 1. The fourth-order valence-corrected chi connectivity index (χ4v) is 1.58. The molecule has 6 heteroatoms. The van der Waals surface area contributed by atoms with Gasteiger partial charge in [0.1, 0.15) is 0 Å². The molecule has 1 aromatic rings.